The zero-order valence-corrected chi connectivity index (χ0v) is 10.9. The SMILES string of the molecule is CSC(Nc1ccc(Br)cc1)=C(C#N)C#N. The molecular weight excluding hydrogens is 286 g/mol. The minimum Gasteiger partial charge on any atom is -0.349 e. The highest BCUT2D eigenvalue weighted by Gasteiger charge is 2.05. The fourth-order valence-corrected chi connectivity index (χ4v) is 1.79. The van der Waals surface area contributed by atoms with Crippen molar-refractivity contribution >= 4 is 33.4 Å². The standard InChI is InChI=1S/C11H8BrN3S/c1-16-11(8(6-13)7-14)15-10-4-2-9(12)3-5-10/h2-5,15H,1H3. The Morgan fingerprint density at radius 3 is 2.25 bits per heavy atom. The second-order valence-corrected chi connectivity index (χ2v) is 4.50. The van der Waals surface area contributed by atoms with Crippen LogP contribution in [0.4, 0.5) is 5.69 Å². The molecule has 0 spiro atoms. The summed E-state index contributed by atoms with van der Waals surface area (Å²) in [5.74, 6) is 0. The van der Waals surface area contributed by atoms with Crippen molar-refractivity contribution in [1.82, 2.24) is 0 Å². The summed E-state index contributed by atoms with van der Waals surface area (Å²) >= 11 is 4.67. The van der Waals surface area contributed by atoms with E-state index in [-0.39, 0.29) is 5.57 Å². The van der Waals surface area contributed by atoms with Gasteiger partial charge >= 0.3 is 0 Å². The predicted octanol–water partition coefficient (Wildman–Crippen LogP) is 3.48. The van der Waals surface area contributed by atoms with Crippen molar-refractivity contribution in [2.45, 2.75) is 0 Å². The zero-order valence-electron chi connectivity index (χ0n) is 8.49. The molecule has 1 aromatic rings. The van der Waals surface area contributed by atoms with Gasteiger partial charge in [-0.15, -0.1) is 11.8 Å². The fourth-order valence-electron chi connectivity index (χ4n) is 1.01. The van der Waals surface area contributed by atoms with Crippen molar-refractivity contribution < 1.29 is 0 Å². The van der Waals surface area contributed by atoms with Gasteiger partial charge in [-0.1, -0.05) is 15.9 Å². The van der Waals surface area contributed by atoms with Crippen LogP contribution in [0.1, 0.15) is 0 Å². The van der Waals surface area contributed by atoms with E-state index in [0.29, 0.717) is 5.03 Å². The molecule has 0 aliphatic carbocycles. The van der Waals surface area contributed by atoms with E-state index in [1.54, 1.807) is 0 Å². The van der Waals surface area contributed by atoms with Crippen LogP contribution in [0, 0.1) is 22.7 Å². The Bertz CT molecular complexity index is 463. The maximum absolute atomic E-state index is 8.76. The summed E-state index contributed by atoms with van der Waals surface area (Å²) in [6, 6.07) is 11.2. The molecule has 0 unspecified atom stereocenters. The second-order valence-electron chi connectivity index (χ2n) is 2.76. The number of benzene rings is 1. The Balaban J connectivity index is 2.96. The van der Waals surface area contributed by atoms with Crippen LogP contribution >= 0.6 is 27.7 Å². The molecule has 3 nitrogen and oxygen atoms in total. The first kappa shape index (κ1) is 12.6. The molecule has 16 heavy (non-hydrogen) atoms. The lowest BCUT2D eigenvalue weighted by Crippen LogP contribution is -1.98. The maximum Gasteiger partial charge on any atom is 0.159 e. The number of nitrogens with zero attached hydrogens (tertiary/aromatic N) is 2. The van der Waals surface area contributed by atoms with E-state index in [1.165, 1.54) is 11.8 Å². The third-order valence-corrected chi connectivity index (χ3v) is 3.00. The van der Waals surface area contributed by atoms with Crippen LogP contribution in [-0.4, -0.2) is 6.26 Å². The van der Waals surface area contributed by atoms with Gasteiger partial charge in [0.2, 0.25) is 0 Å². The van der Waals surface area contributed by atoms with Crippen molar-refractivity contribution in [1.29, 1.82) is 10.5 Å². The number of anilines is 1. The van der Waals surface area contributed by atoms with E-state index in [9.17, 15) is 0 Å². The normalized spacial score (nSPS) is 8.75. The summed E-state index contributed by atoms with van der Waals surface area (Å²) in [4.78, 5) is 0. The average molecular weight is 294 g/mol. The van der Waals surface area contributed by atoms with Gasteiger partial charge in [0.1, 0.15) is 17.2 Å². The predicted molar refractivity (Wildman–Crippen MR) is 69.5 cm³/mol. The smallest absolute Gasteiger partial charge is 0.159 e. The molecule has 1 N–H and O–H groups in total. The molecule has 0 radical (unpaired) electrons. The molecule has 0 aromatic heterocycles. The molecule has 1 aromatic carbocycles. The molecule has 0 heterocycles. The van der Waals surface area contributed by atoms with Crippen LogP contribution in [0.5, 0.6) is 0 Å². The van der Waals surface area contributed by atoms with Gasteiger partial charge in [0, 0.05) is 10.2 Å². The monoisotopic (exact) mass is 293 g/mol. The first-order valence-electron chi connectivity index (χ1n) is 4.32. The summed E-state index contributed by atoms with van der Waals surface area (Å²) in [5, 5.41) is 21.1. The van der Waals surface area contributed by atoms with Crippen molar-refractivity contribution in [2.24, 2.45) is 0 Å². The lowest BCUT2D eigenvalue weighted by molar-refractivity contribution is 1.43. The molecular formula is C11H8BrN3S. The van der Waals surface area contributed by atoms with Gasteiger partial charge in [0.15, 0.2) is 5.57 Å². The first-order chi connectivity index (χ1) is 7.71. The van der Waals surface area contributed by atoms with Gasteiger partial charge in [-0.05, 0) is 30.5 Å². The molecule has 0 aliphatic heterocycles. The Labute approximate surface area is 107 Å². The number of allylic oxidation sites excluding steroid dienone is 1. The van der Waals surface area contributed by atoms with E-state index in [0.717, 1.165) is 10.2 Å². The summed E-state index contributed by atoms with van der Waals surface area (Å²) in [5.41, 5.74) is 0.936. The van der Waals surface area contributed by atoms with Crippen molar-refractivity contribution in [2.75, 3.05) is 11.6 Å². The maximum atomic E-state index is 8.76. The van der Waals surface area contributed by atoms with Gasteiger partial charge in [-0.3, -0.25) is 0 Å². The molecule has 0 amide bonds. The molecule has 0 aliphatic rings. The lowest BCUT2D eigenvalue weighted by Gasteiger charge is -2.08. The number of nitriles is 2. The number of hydrogen-bond acceptors (Lipinski definition) is 4. The Morgan fingerprint density at radius 2 is 1.81 bits per heavy atom. The van der Waals surface area contributed by atoms with Crippen LogP contribution in [-0.2, 0) is 0 Å². The lowest BCUT2D eigenvalue weighted by atomic mass is 10.3. The molecule has 0 saturated carbocycles. The van der Waals surface area contributed by atoms with Gasteiger partial charge < -0.3 is 5.32 Å². The molecule has 0 bridgehead atoms. The Kier molecular flexibility index (Phi) is 4.91. The van der Waals surface area contributed by atoms with Gasteiger partial charge in [-0.25, -0.2) is 0 Å². The van der Waals surface area contributed by atoms with Gasteiger partial charge in [0.25, 0.3) is 0 Å². The third kappa shape index (κ3) is 3.30. The number of hydrogen-bond donors (Lipinski definition) is 1. The van der Waals surface area contributed by atoms with Crippen LogP contribution < -0.4 is 5.32 Å². The van der Waals surface area contributed by atoms with Crippen molar-refractivity contribution in [3.05, 3.63) is 39.3 Å². The van der Waals surface area contributed by atoms with Crippen LogP contribution in [0.3, 0.4) is 0 Å². The number of nitrogens with one attached hydrogen (secondary N) is 1. The molecule has 5 heteroatoms. The molecule has 0 saturated heterocycles. The molecule has 0 atom stereocenters. The minimum absolute atomic E-state index is 0.0930. The van der Waals surface area contributed by atoms with Crippen molar-refractivity contribution in [3.8, 4) is 12.1 Å². The molecule has 80 valence electrons. The Morgan fingerprint density at radius 1 is 1.25 bits per heavy atom. The van der Waals surface area contributed by atoms with E-state index in [4.69, 9.17) is 10.5 Å². The Hall–Kier alpha value is -1.43. The fraction of sp³-hybridized carbons (Fsp3) is 0.0909. The number of halogens is 1. The van der Waals surface area contributed by atoms with E-state index >= 15 is 0 Å². The second kappa shape index (κ2) is 6.22. The van der Waals surface area contributed by atoms with Gasteiger partial charge in [0.05, 0.1) is 0 Å². The zero-order chi connectivity index (χ0) is 12.0. The van der Waals surface area contributed by atoms with Crippen LogP contribution in [0.15, 0.2) is 39.3 Å². The first-order valence-corrected chi connectivity index (χ1v) is 6.34. The van der Waals surface area contributed by atoms with E-state index in [2.05, 4.69) is 21.2 Å². The minimum atomic E-state index is 0.0930. The van der Waals surface area contributed by atoms with Crippen molar-refractivity contribution in [3.63, 3.8) is 0 Å². The topological polar surface area (TPSA) is 59.6 Å². The van der Waals surface area contributed by atoms with Gasteiger partial charge in [-0.2, -0.15) is 10.5 Å². The number of thioether (sulfide) groups is 1. The summed E-state index contributed by atoms with van der Waals surface area (Å²) < 4.78 is 0.980. The van der Waals surface area contributed by atoms with E-state index < -0.39 is 0 Å². The number of rotatable bonds is 3. The molecule has 1 rings (SSSR count). The summed E-state index contributed by atoms with van der Waals surface area (Å²) in [6.07, 6.45) is 1.82. The largest absolute Gasteiger partial charge is 0.349 e. The molecule has 0 fully saturated rings. The quantitative estimate of drug-likeness (QED) is 0.867. The summed E-state index contributed by atoms with van der Waals surface area (Å²) in [7, 11) is 0. The highest BCUT2D eigenvalue weighted by molar-refractivity contribution is 9.10. The van der Waals surface area contributed by atoms with E-state index in [1.807, 2.05) is 42.7 Å². The van der Waals surface area contributed by atoms with Crippen LogP contribution in [0.2, 0.25) is 0 Å². The highest BCUT2D eigenvalue weighted by Crippen LogP contribution is 2.21. The third-order valence-electron chi connectivity index (χ3n) is 1.76. The summed E-state index contributed by atoms with van der Waals surface area (Å²) in [6.45, 7) is 0. The highest BCUT2D eigenvalue weighted by atomic mass is 79.9. The average Bonchev–Trinajstić information content (AvgIpc) is 2.32. The van der Waals surface area contributed by atoms with Crippen LogP contribution in [0.25, 0.3) is 0 Å².